The summed E-state index contributed by atoms with van der Waals surface area (Å²) in [6, 6.07) is 26.1. The monoisotopic (exact) mass is 394 g/mol. The third-order valence-corrected chi connectivity index (χ3v) is 6.71. The van der Waals surface area contributed by atoms with Crippen molar-refractivity contribution in [2.75, 3.05) is 31.1 Å². The van der Waals surface area contributed by atoms with E-state index in [1.54, 1.807) is 28.6 Å². The van der Waals surface area contributed by atoms with Crippen LogP contribution >= 0.6 is 0 Å². The van der Waals surface area contributed by atoms with Crippen molar-refractivity contribution in [3.05, 3.63) is 84.9 Å². The van der Waals surface area contributed by atoms with Crippen LogP contribution < -0.4 is 9.64 Å². The predicted octanol–water partition coefficient (Wildman–Crippen LogP) is 3.99. The Labute approximate surface area is 165 Å². The van der Waals surface area contributed by atoms with Crippen LogP contribution in [0.2, 0.25) is 0 Å². The average Bonchev–Trinajstić information content (AvgIpc) is 2.76. The summed E-state index contributed by atoms with van der Waals surface area (Å²) < 4.78 is 33.3. The van der Waals surface area contributed by atoms with Gasteiger partial charge in [0.25, 0.3) is 0 Å². The smallest absolute Gasteiger partial charge is 0.243 e. The second kappa shape index (κ2) is 8.04. The predicted molar refractivity (Wildman–Crippen MR) is 110 cm³/mol. The molecule has 0 spiro atoms. The second-order valence-corrected chi connectivity index (χ2v) is 8.52. The van der Waals surface area contributed by atoms with Gasteiger partial charge in [0.15, 0.2) is 5.75 Å². The number of piperazine rings is 1. The molecule has 5 nitrogen and oxygen atoms in total. The minimum Gasteiger partial charge on any atom is -0.455 e. The molecular weight excluding hydrogens is 372 g/mol. The Kier molecular flexibility index (Phi) is 5.32. The fourth-order valence-electron chi connectivity index (χ4n) is 3.33. The Morgan fingerprint density at radius 3 is 1.93 bits per heavy atom. The number of benzene rings is 3. The molecule has 1 saturated heterocycles. The number of para-hydroxylation sites is 3. The Hall–Kier alpha value is -2.83. The van der Waals surface area contributed by atoms with Crippen LogP contribution in [-0.2, 0) is 10.0 Å². The van der Waals surface area contributed by atoms with Gasteiger partial charge in [0.2, 0.25) is 10.0 Å². The zero-order valence-corrected chi connectivity index (χ0v) is 16.3. The molecule has 144 valence electrons. The molecule has 0 atom stereocenters. The molecular formula is C22H22N2O3S. The number of anilines is 1. The van der Waals surface area contributed by atoms with Crippen molar-refractivity contribution in [2.24, 2.45) is 0 Å². The first-order chi connectivity index (χ1) is 13.6. The zero-order valence-electron chi connectivity index (χ0n) is 15.4. The maximum atomic E-state index is 12.8. The largest absolute Gasteiger partial charge is 0.455 e. The lowest BCUT2D eigenvalue weighted by atomic mass is 10.2. The fraction of sp³-hybridized carbons (Fsp3) is 0.182. The third kappa shape index (κ3) is 3.88. The summed E-state index contributed by atoms with van der Waals surface area (Å²) in [4.78, 5) is 2.52. The van der Waals surface area contributed by atoms with E-state index in [1.807, 2.05) is 60.7 Å². The Balaban J connectivity index is 1.49. The van der Waals surface area contributed by atoms with Gasteiger partial charge >= 0.3 is 0 Å². The van der Waals surface area contributed by atoms with Crippen molar-refractivity contribution < 1.29 is 13.2 Å². The summed E-state index contributed by atoms with van der Waals surface area (Å²) in [6.45, 7) is 2.11. The van der Waals surface area contributed by atoms with Crippen molar-refractivity contribution in [3.63, 3.8) is 0 Å². The van der Waals surface area contributed by atoms with Gasteiger partial charge in [-0.2, -0.15) is 4.31 Å². The van der Waals surface area contributed by atoms with Crippen LogP contribution in [0.1, 0.15) is 0 Å². The van der Waals surface area contributed by atoms with E-state index in [0.717, 1.165) is 17.2 Å². The van der Waals surface area contributed by atoms with E-state index in [-0.39, 0.29) is 0 Å². The van der Waals surface area contributed by atoms with Crippen LogP contribution in [0.5, 0.6) is 11.5 Å². The van der Waals surface area contributed by atoms with Gasteiger partial charge in [-0.15, -0.1) is 0 Å². The van der Waals surface area contributed by atoms with E-state index < -0.39 is 10.0 Å². The molecule has 1 aliphatic rings. The Bertz CT molecular complexity index is 1020. The first-order valence-electron chi connectivity index (χ1n) is 9.27. The minimum atomic E-state index is -3.45. The minimum absolute atomic E-state index is 0.344. The molecule has 0 unspecified atom stereocenters. The molecule has 3 aromatic rings. The van der Waals surface area contributed by atoms with E-state index >= 15 is 0 Å². The van der Waals surface area contributed by atoms with Crippen molar-refractivity contribution >= 4 is 15.7 Å². The summed E-state index contributed by atoms with van der Waals surface area (Å²) in [6.07, 6.45) is 0. The van der Waals surface area contributed by atoms with E-state index in [2.05, 4.69) is 4.90 Å². The Morgan fingerprint density at radius 1 is 0.679 bits per heavy atom. The number of hydrogen-bond acceptors (Lipinski definition) is 4. The molecule has 0 radical (unpaired) electrons. The highest BCUT2D eigenvalue weighted by Crippen LogP contribution is 2.33. The summed E-state index contributed by atoms with van der Waals surface area (Å²) in [7, 11) is -3.45. The summed E-state index contributed by atoms with van der Waals surface area (Å²) in [5.74, 6) is 1.55. The van der Waals surface area contributed by atoms with Gasteiger partial charge in [0.1, 0.15) is 5.75 Å². The number of nitrogens with zero attached hydrogens (tertiary/aromatic N) is 2. The molecule has 4 rings (SSSR count). The van der Waals surface area contributed by atoms with Crippen LogP contribution in [0.4, 0.5) is 5.69 Å². The van der Waals surface area contributed by atoms with E-state index in [1.165, 1.54) is 0 Å². The average molecular weight is 394 g/mol. The lowest BCUT2D eigenvalue weighted by Gasteiger charge is -2.36. The van der Waals surface area contributed by atoms with Gasteiger partial charge in [-0.25, -0.2) is 8.42 Å². The van der Waals surface area contributed by atoms with E-state index in [9.17, 15) is 8.42 Å². The third-order valence-electron chi connectivity index (χ3n) is 4.80. The fourth-order valence-corrected chi connectivity index (χ4v) is 4.77. The summed E-state index contributed by atoms with van der Waals surface area (Å²) in [5, 5.41) is 0. The number of hydrogen-bond donors (Lipinski definition) is 0. The van der Waals surface area contributed by atoms with Crippen LogP contribution in [0, 0.1) is 0 Å². The molecule has 6 heteroatoms. The SMILES string of the molecule is O=S(=O)(c1ccccc1)N1CCN(c2ccccc2Oc2ccccc2)CC1. The lowest BCUT2D eigenvalue weighted by Crippen LogP contribution is -2.48. The van der Waals surface area contributed by atoms with Gasteiger partial charge < -0.3 is 9.64 Å². The maximum Gasteiger partial charge on any atom is 0.243 e. The highest BCUT2D eigenvalue weighted by molar-refractivity contribution is 7.89. The molecule has 0 amide bonds. The van der Waals surface area contributed by atoms with Crippen LogP contribution in [0.15, 0.2) is 89.8 Å². The molecule has 0 saturated carbocycles. The van der Waals surface area contributed by atoms with Crippen molar-refractivity contribution in [1.29, 1.82) is 0 Å². The standard InChI is InChI=1S/C22H22N2O3S/c25-28(26,20-11-5-2-6-12-20)24-17-15-23(16-18-24)21-13-7-8-14-22(21)27-19-9-3-1-4-10-19/h1-14H,15-18H2. The Morgan fingerprint density at radius 2 is 1.25 bits per heavy atom. The molecule has 1 fully saturated rings. The van der Waals surface area contributed by atoms with Crippen LogP contribution in [0.25, 0.3) is 0 Å². The quantitative estimate of drug-likeness (QED) is 0.657. The molecule has 3 aromatic carbocycles. The summed E-state index contributed by atoms with van der Waals surface area (Å²) in [5.41, 5.74) is 0.975. The number of sulfonamides is 1. The molecule has 1 aliphatic heterocycles. The van der Waals surface area contributed by atoms with Gasteiger partial charge in [-0.05, 0) is 36.4 Å². The molecule has 28 heavy (non-hydrogen) atoms. The highest BCUT2D eigenvalue weighted by atomic mass is 32.2. The molecule has 0 aromatic heterocycles. The van der Waals surface area contributed by atoms with Gasteiger partial charge in [0, 0.05) is 26.2 Å². The second-order valence-electron chi connectivity index (χ2n) is 6.59. The molecule has 0 aliphatic carbocycles. The van der Waals surface area contributed by atoms with Crippen LogP contribution in [0.3, 0.4) is 0 Å². The molecule has 0 bridgehead atoms. The van der Waals surface area contributed by atoms with E-state index in [0.29, 0.717) is 31.1 Å². The summed E-state index contributed by atoms with van der Waals surface area (Å²) >= 11 is 0. The van der Waals surface area contributed by atoms with Crippen LogP contribution in [-0.4, -0.2) is 38.9 Å². The topological polar surface area (TPSA) is 49.9 Å². The van der Waals surface area contributed by atoms with Gasteiger partial charge in [-0.3, -0.25) is 0 Å². The van der Waals surface area contributed by atoms with Crippen molar-refractivity contribution in [3.8, 4) is 11.5 Å². The van der Waals surface area contributed by atoms with Gasteiger partial charge in [0.05, 0.1) is 10.6 Å². The highest BCUT2D eigenvalue weighted by Gasteiger charge is 2.29. The van der Waals surface area contributed by atoms with Gasteiger partial charge in [-0.1, -0.05) is 48.5 Å². The first kappa shape index (κ1) is 18.5. The maximum absolute atomic E-state index is 12.8. The molecule has 1 heterocycles. The van der Waals surface area contributed by atoms with E-state index in [4.69, 9.17) is 4.74 Å². The lowest BCUT2D eigenvalue weighted by molar-refractivity contribution is 0.382. The molecule has 0 N–H and O–H groups in total. The van der Waals surface area contributed by atoms with Crippen molar-refractivity contribution in [1.82, 2.24) is 4.31 Å². The first-order valence-corrected chi connectivity index (χ1v) is 10.7. The number of rotatable bonds is 5. The normalized spacial score (nSPS) is 15.4. The zero-order chi connectivity index (χ0) is 19.4. The van der Waals surface area contributed by atoms with Crippen molar-refractivity contribution in [2.45, 2.75) is 4.90 Å². The number of ether oxygens (including phenoxy) is 1.